The third-order valence-corrected chi connectivity index (χ3v) is 4.01. The fraction of sp³-hybridized carbons (Fsp3) is 0.667. The molecule has 0 spiro atoms. The summed E-state index contributed by atoms with van der Waals surface area (Å²) in [6.07, 6.45) is 5.26. The molecule has 0 saturated carbocycles. The Kier molecular flexibility index (Phi) is 4.70. The highest BCUT2D eigenvalue weighted by atomic mass is 16.2. The third-order valence-electron chi connectivity index (χ3n) is 4.01. The van der Waals surface area contributed by atoms with Crippen molar-refractivity contribution in [2.75, 3.05) is 13.1 Å². The van der Waals surface area contributed by atoms with Crippen molar-refractivity contribution in [3.63, 3.8) is 0 Å². The minimum atomic E-state index is 0.0413. The van der Waals surface area contributed by atoms with Crippen molar-refractivity contribution < 1.29 is 4.79 Å². The molecule has 1 aromatic rings. The predicted octanol–water partition coefficient (Wildman–Crippen LogP) is 1.80. The molecule has 1 fully saturated rings. The number of piperidine rings is 1. The second-order valence-electron chi connectivity index (χ2n) is 5.99. The largest absolute Gasteiger partial charge is 0.338 e. The van der Waals surface area contributed by atoms with E-state index in [1.165, 1.54) is 6.33 Å². The van der Waals surface area contributed by atoms with Crippen LogP contribution in [0.5, 0.6) is 0 Å². The van der Waals surface area contributed by atoms with Gasteiger partial charge in [0.2, 0.25) is 0 Å². The maximum absolute atomic E-state index is 12.7. The molecule has 5 nitrogen and oxygen atoms in total. The zero-order valence-electron chi connectivity index (χ0n) is 12.5. The summed E-state index contributed by atoms with van der Waals surface area (Å²) in [6, 6.07) is 0.127. The number of likely N-dealkylation sites (tertiary alicyclic amines) is 1. The molecule has 0 aliphatic carbocycles. The molecule has 0 unspecified atom stereocenters. The monoisotopic (exact) mass is 276 g/mol. The molecule has 1 aliphatic heterocycles. The fourth-order valence-electron chi connectivity index (χ4n) is 2.76. The number of carbonyl (C=O) groups is 1. The number of aromatic nitrogens is 2. The van der Waals surface area contributed by atoms with Crippen LogP contribution in [0.1, 0.15) is 55.6 Å². The van der Waals surface area contributed by atoms with Crippen LogP contribution in [0.4, 0.5) is 0 Å². The molecule has 2 N–H and O–H groups in total. The van der Waals surface area contributed by atoms with Crippen molar-refractivity contribution in [3.05, 3.63) is 23.8 Å². The molecular weight excluding hydrogens is 252 g/mol. The predicted molar refractivity (Wildman–Crippen MR) is 78.4 cm³/mol. The highest BCUT2D eigenvalue weighted by Gasteiger charge is 2.28. The van der Waals surface area contributed by atoms with Crippen molar-refractivity contribution in [1.29, 1.82) is 0 Å². The van der Waals surface area contributed by atoms with Gasteiger partial charge >= 0.3 is 0 Å². The zero-order valence-corrected chi connectivity index (χ0v) is 12.5. The molecule has 2 atom stereocenters. The second-order valence-corrected chi connectivity index (χ2v) is 5.99. The lowest BCUT2D eigenvalue weighted by Gasteiger charge is -2.35. The zero-order chi connectivity index (χ0) is 14.7. The average molecular weight is 276 g/mol. The quantitative estimate of drug-likeness (QED) is 0.913. The Labute approximate surface area is 120 Å². The maximum atomic E-state index is 12.7. The Morgan fingerprint density at radius 1 is 1.45 bits per heavy atom. The molecule has 1 aliphatic rings. The van der Waals surface area contributed by atoms with Crippen molar-refractivity contribution in [1.82, 2.24) is 14.9 Å². The Morgan fingerprint density at radius 3 is 2.85 bits per heavy atom. The van der Waals surface area contributed by atoms with E-state index in [0.717, 1.165) is 31.6 Å². The summed E-state index contributed by atoms with van der Waals surface area (Å²) in [6.45, 7) is 7.64. The van der Waals surface area contributed by atoms with E-state index in [1.807, 2.05) is 25.7 Å². The minimum Gasteiger partial charge on any atom is -0.338 e. The molecule has 0 bridgehead atoms. The highest BCUT2D eigenvalue weighted by molar-refractivity contribution is 5.95. The van der Waals surface area contributed by atoms with Crippen LogP contribution in [-0.2, 0) is 0 Å². The van der Waals surface area contributed by atoms with Crippen LogP contribution in [-0.4, -0.2) is 39.9 Å². The first-order valence-electron chi connectivity index (χ1n) is 7.35. The van der Waals surface area contributed by atoms with E-state index in [-0.39, 0.29) is 17.9 Å². The van der Waals surface area contributed by atoms with Crippen molar-refractivity contribution in [2.45, 2.75) is 45.6 Å². The second kappa shape index (κ2) is 6.31. The van der Waals surface area contributed by atoms with Crippen LogP contribution in [0.3, 0.4) is 0 Å². The minimum absolute atomic E-state index is 0.0413. The van der Waals surface area contributed by atoms with E-state index in [4.69, 9.17) is 5.73 Å². The van der Waals surface area contributed by atoms with Crippen LogP contribution < -0.4 is 5.73 Å². The van der Waals surface area contributed by atoms with E-state index in [2.05, 4.69) is 9.97 Å². The van der Waals surface area contributed by atoms with Gasteiger partial charge in [-0.1, -0.05) is 13.8 Å². The number of nitrogens with zero attached hydrogens (tertiary/aromatic N) is 3. The van der Waals surface area contributed by atoms with Gasteiger partial charge in [0.25, 0.3) is 5.91 Å². The number of amides is 1. The summed E-state index contributed by atoms with van der Waals surface area (Å²) in [5.41, 5.74) is 7.44. The molecule has 110 valence electrons. The number of hydrogen-bond acceptors (Lipinski definition) is 4. The van der Waals surface area contributed by atoms with E-state index >= 15 is 0 Å². The van der Waals surface area contributed by atoms with E-state index < -0.39 is 0 Å². The smallest absolute Gasteiger partial charge is 0.257 e. The first kappa shape index (κ1) is 14.9. The molecule has 1 aromatic heterocycles. The summed E-state index contributed by atoms with van der Waals surface area (Å²) >= 11 is 0. The van der Waals surface area contributed by atoms with Crippen LogP contribution in [0, 0.1) is 5.92 Å². The van der Waals surface area contributed by atoms with Gasteiger partial charge < -0.3 is 10.6 Å². The van der Waals surface area contributed by atoms with Gasteiger partial charge in [-0.2, -0.15) is 0 Å². The highest BCUT2D eigenvalue weighted by Crippen LogP contribution is 2.23. The molecule has 1 saturated heterocycles. The summed E-state index contributed by atoms with van der Waals surface area (Å²) < 4.78 is 0. The lowest BCUT2D eigenvalue weighted by atomic mass is 9.91. The van der Waals surface area contributed by atoms with Gasteiger partial charge in [0.1, 0.15) is 6.33 Å². The Balaban J connectivity index is 2.19. The van der Waals surface area contributed by atoms with Crippen molar-refractivity contribution in [2.24, 2.45) is 11.7 Å². The van der Waals surface area contributed by atoms with Gasteiger partial charge in [-0.15, -0.1) is 0 Å². The van der Waals surface area contributed by atoms with Crippen LogP contribution in [0.2, 0.25) is 0 Å². The average Bonchev–Trinajstić information content (AvgIpc) is 2.46. The molecule has 2 rings (SSSR count). The SMILES string of the molecule is CC(C)c1ncncc1C(=O)N1CCC[C@H]([C@@H](C)N)C1. The summed E-state index contributed by atoms with van der Waals surface area (Å²) in [7, 11) is 0. The number of rotatable bonds is 3. The Bertz CT molecular complexity index is 473. The summed E-state index contributed by atoms with van der Waals surface area (Å²) in [4.78, 5) is 22.9. The molecule has 2 heterocycles. The number of carbonyl (C=O) groups excluding carboxylic acids is 1. The van der Waals surface area contributed by atoms with E-state index in [0.29, 0.717) is 11.5 Å². The third kappa shape index (κ3) is 3.15. The number of nitrogens with two attached hydrogens (primary N) is 1. The van der Waals surface area contributed by atoms with Crippen LogP contribution >= 0.6 is 0 Å². The molecule has 1 amide bonds. The lowest BCUT2D eigenvalue weighted by molar-refractivity contribution is 0.0658. The Morgan fingerprint density at radius 2 is 2.20 bits per heavy atom. The van der Waals surface area contributed by atoms with Crippen LogP contribution in [0.15, 0.2) is 12.5 Å². The Hall–Kier alpha value is -1.49. The summed E-state index contributed by atoms with van der Waals surface area (Å²) in [5.74, 6) is 0.644. The van der Waals surface area contributed by atoms with Gasteiger partial charge in [0.15, 0.2) is 0 Å². The van der Waals surface area contributed by atoms with Gasteiger partial charge in [0, 0.05) is 25.3 Å². The van der Waals surface area contributed by atoms with Gasteiger partial charge in [-0.25, -0.2) is 9.97 Å². The molecule has 20 heavy (non-hydrogen) atoms. The van der Waals surface area contributed by atoms with Gasteiger partial charge in [-0.05, 0) is 31.6 Å². The molecule has 5 heteroatoms. The standard InChI is InChI=1S/C15H24N4O/c1-10(2)14-13(7-17-9-18-14)15(20)19-6-4-5-12(8-19)11(3)16/h7,9-12H,4-6,8,16H2,1-3H3/t11-,12+/m1/s1. The van der Waals surface area contributed by atoms with Crippen molar-refractivity contribution in [3.8, 4) is 0 Å². The van der Waals surface area contributed by atoms with Crippen LogP contribution in [0.25, 0.3) is 0 Å². The topological polar surface area (TPSA) is 72.1 Å². The number of hydrogen-bond donors (Lipinski definition) is 1. The molecule has 0 radical (unpaired) electrons. The first-order chi connectivity index (χ1) is 9.50. The first-order valence-corrected chi connectivity index (χ1v) is 7.35. The fourth-order valence-corrected chi connectivity index (χ4v) is 2.76. The van der Waals surface area contributed by atoms with Gasteiger partial charge in [-0.3, -0.25) is 4.79 Å². The maximum Gasteiger partial charge on any atom is 0.257 e. The summed E-state index contributed by atoms with van der Waals surface area (Å²) in [5, 5.41) is 0. The van der Waals surface area contributed by atoms with E-state index in [9.17, 15) is 4.79 Å². The van der Waals surface area contributed by atoms with Crippen molar-refractivity contribution >= 4 is 5.91 Å². The van der Waals surface area contributed by atoms with Gasteiger partial charge in [0.05, 0.1) is 11.3 Å². The molecule has 0 aromatic carbocycles. The van der Waals surface area contributed by atoms with E-state index in [1.54, 1.807) is 6.20 Å². The normalized spacial score (nSPS) is 21.1. The molecular formula is C15H24N4O. The lowest BCUT2D eigenvalue weighted by Crippen LogP contribution is -2.45.